The molecule has 0 atom stereocenters. The Balaban J connectivity index is 1.30. The highest BCUT2D eigenvalue weighted by molar-refractivity contribution is 6.04. The van der Waals surface area contributed by atoms with E-state index in [9.17, 15) is 14.9 Å². The van der Waals surface area contributed by atoms with Crippen LogP contribution in [0.3, 0.4) is 0 Å². The summed E-state index contributed by atoms with van der Waals surface area (Å²) in [4.78, 5) is 27.6. The Morgan fingerprint density at radius 1 is 1.05 bits per heavy atom. The highest BCUT2D eigenvalue weighted by atomic mass is 16.6. The molecule has 0 aliphatic carbocycles. The summed E-state index contributed by atoms with van der Waals surface area (Å²) in [5.74, 6) is 1.29. The van der Waals surface area contributed by atoms with Gasteiger partial charge in [0.15, 0.2) is 5.76 Å². The van der Waals surface area contributed by atoms with E-state index in [1.54, 1.807) is 54.5 Å². The summed E-state index contributed by atoms with van der Waals surface area (Å²) in [6.45, 7) is 0.372. The van der Waals surface area contributed by atoms with Crippen LogP contribution in [-0.4, -0.2) is 39.3 Å². The summed E-state index contributed by atoms with van der Waals surface area (Å²) in [5.41, 5.74) is 2.28. The van der Waals surface area contributed by atoms with Gasteiger partial charge in [0.05, 0.1) is 30.6 Å². The summed E-state index contributed by atoms with van der Waals surface area (Å²) >= 11 is 0. The van der Waals surface area contributed by atoms with Crippen LogP contribution in [0.1, 0.15) is 15.9 Å². The average molecular weight is 526 g/mol. The second-order valence-corrected chi connectivity index (χ2v) is 8.36. The quantitative estimate of drug-likeness (QED) is 0.191. The third-order valence-corrected chi connectivity index (χ3v) is 5.80. The molecule has 0 radical (unpaired) electrons. The predicted molar refractivity (Wildman–Crippen MR) is 142 cm³/mol. The molecule has 0 aliphatic rings. The van der Waals surface area contributed by atoms with Gasteiger partial charge in [-0.2, -0.15) is 4.98 Å². The number of carbonyl (C=O) groups excluding carboxylic acids is 1. The molecule has 1 amide bonds. The van der Waals surface area contributed by atoms with Crippen LogP contribution in [-0.2, 0) is 6.42 Å². The Hall–Kier alpha value is -5.45. The molecule has 2 heterocycles. The fraction of sp³-hybridized carbons (Fsp3) is 0.107. The minimum absolute atomic E-state index is 0.156. The number of hydrogen-bond donors (Lipinski definition) is 1. The number of aromatic nitrogens is 3. The molecular formula is C28H23N5O6. The second-order valence-electron chi connectivity index (χ2n) is 8.36. The lowest BCUT2D eigenvalue weighted by molar-refractivity contribution is -0.384. The van der Waals surface area contributed by atoms with Crippen LogP contribution < -0.4 is 14.8 Å². The van der Waals surface area contributed by atoms with E-state index in [0.717, 1.165) is 11.3 Å². The van der Waals surface area contributed by atoms with Gasteiger partial charge in [0, 0.05) is 29.8 Å². The van der Waals surface area contributed by atoms with Crippen LogP contribution in [0.15, 0.2) is 95.6 Å². The maximum absolute atomic E-state index is 12.6. The normalized spacial score (nSPS) is 10.7. The van der Waals surface area contributed by atoms with Crippen LogP contribution >= 0.6 is 0 Å². The number of nitrogens with one attached hydrogen (secondary N) is 1. The zero-order valence-electron chi connectivity index (χ0n) is 20.8. The molecule has 0 saturated heterocycles. The van der Waals surface area contributed by atoms with Crippen LogP contribution in [0.5, 0.6) is 11.8 Å². The first kappa shape index (κ1) is 25.2. The number of nitrogens with zero attached hydrogens (tertiary/aromatic N) is 4. The molecule has 3 aromatic carbocycles. The number of methoxy groups -OCH3 is 1. The van der Waals surface area contributed by atoms with Crippen LogP contribution in [0, 0.1) is 10.1 Å². The lowest BCUT2D eigenvalue weighted by atomic mass is 10.1. The summed E-state index contributed by atoms with van der Waals surface area (Å²) in [5, 5.41) is 18.3. The highest BCUT2D eigenvalue weighted by Gasteiger charge is 2.17. The summed E-state index contributed by atoms with van der Waals surface area (Å²) < 4.78 is 18.2. The molecule has 0 saturated carbocycles. The minimum atomic E-state index is -0.544. The number of carbonyl (C=O) groups is 1. The third-order valence-electron chi connectivity index (χ3n) is 5.80. The van der Waals surface area contributed by atoms with Crippen molar-refractivity contribution in [2.75, 3.05) is 19.0 Å². The smallest absolute Gasteiger partial charge is 0.336 e. The second kappa shape index (κ2) is 11.3. The van der Waals surface area contributed by atoms with Crippen LogP contribution in [0.2, 0.25) is 0 Å². The van der Waals surface area contributed by atoms with E-state index < -0.39 is 10.8 Å². The van der Waals surface area contributed by atoms with Crippen LogP contribution in [0.4, 0.5) is 11.4 Å². The number of nitro benzene ring substituents is 1. The summed E-state index contributed by atoms with van der Waals surface area (Å²) in [7, 11) is 1.63. The van der Waals surface area contributed by atoms with E-state index in [0.29, 0.717) is 36.0 Å². The van der Waals surface area contributed by atoms with E-state index in [-0.39, 0.29) is 17.3 Å². The Kier molecular flexibility index (Phi) is 7.30. The maximum atomic E-state index is 12.6. The number of furan rings is 1. The maximum Gasteiger partial charge on any atom is 0.336 e. The Morgan fingerprint density at radius 2 is 1.85 bits per heavy atom. The van der Waals surface area contributed by atoms with Crippen molar-refractivity contribution >= 4 is 17.3 Å². The van der Waals surface area contributed by atoms with E-state index in [4.69, 9.17) is 13.9 Å². The topological polar surface area (TPSA) is 135 Å². The van der Waals surface area contributed by atoms with E-state index in [1.165, 1.54) is 24.3 Å². The fourth-order valence-electron chi connectivity index (χ4n) is 3.80. The molecule has 196 valence electrons. The fourth-order valence-corrected chi connectivity index (χ4v) is 3.80. The largest absolute Gasteiger partial charge is 0.497 e. The van der Waals surface area contributed by atoms with Crippen molar-refractivity contribution < 1.29 is 23.6 Å². The number of non-ortho nitro benzene ring substituents is 1. The van der Waals surface area contributed by atoms with E-state index in [1.807, 2.05) is 24.3 Å². The number of hydrogen-bond acceptors (Lipinski definition) is 8. The number of amides is 1. The molecule has 0 fully saturated rings. The molecule has 1 N–H and O–H groups in total. The SMILES string of the molecule is COc1ccc(CCOc2nc(-c3ccco3)n(-c3ccc(NC(=O)c4cccc([N+](=O)[O-])c4)cc3)n2)cc1. The van der Waals surface area contributed by atoms with Gasteiger partial charge in [0.25, 0.3) is 11.6 Å². The molecule has 0 unspecified atom stereocenters. The van der Waals surface area contributed by atoms with E-state index in [2.05, 4.69) is 15.4 Å². The molecular weight excluding hydrogens is 502 g/mol. The zero-order valence-corrected chi connectivity index (χ0v) is 20.8. The predicted octanol–water partition coefficient (Wildman–Crippen LogP) is 5.32. The van der Waals surface area contributed by atoms with Crippen molar-refractivity contribution in [1.29, 1.82) is 0 Å². The zero-order chi connectivity index (χ0) is 27.2. The first-order chi connectivity index (χ1) is 19.0. The van der Waals surface area contributed by atoms with Gasteiger partial charge in [-0.1, -0.05) is 18.2 Å². The summed E-state index contributed by atoms with van der Waals surface area (Å²) in [6.07, 6.45) is 2.21. The van der Waals surface area contributed by atoms with Gasteiger partial charge in [-0.3, -0.25) is 14.9 Å². The number of rotatable bonds is 10. The lowest BCUT2D eigenvalue weighted by Gasteiger charge is -2.08. The number of nitro groups is 1. The minimum Gasteiger partial charge on any atom is -0.497 e. The molecule has 0 aliphatic heterocycles. The lowest BCUT2D eigenvalue weighted by Crippen LogP contribution is -2.12. The van der Waals surface area contributed by atoms with Gasteiger partial charge < -0.3 is 19.2 Å². The van der Waals surface area contributed by atoms with E-state index >= 15 is 0 Å². The molecule has 39 heavy (non-hydrogen) atoms. The summed E-state index contributed by atoms with van der Waals surface area (Å²) in [6, 6.07) is 23.9. The van der Waals surface area contributed by atoms with Crippen molar-refractivity contribution in [1.82, 2.24) is 14.8 Å². The number of anilines is 1. The first-order valence-corrected chi connectivity index (χ1v) is 11.9. The molecule has 5 rings (SSSR count). The molecule has 5 aromatic rings. The molecule has 11 nitrogen and oxygen atoms in total. The standard InChI is InChI=1S/C28H23N5O6/c1-37-24-13-7-19(8-14-24)15-17-39-28-30-26(25-6-3-16-38-25)32(31-28)22-11-9-21(10-12-22)29-27(34)20-4-2-5-23(18-20)33(35)36/h2-14,16,18H,15,17H2,1H3,(H,29,34). The molecule has 11 heteroatoms. The number of ether oxygens (including phenoxy) is 2. The van der Waals surface area contributed by atoms with Gasteiger partial charge >= 0.3 is 6.01 Å². The van der Waals surface area contributed by atoms with Crippen molar-refractivity contribution in [2.24, 2.45) is 0 Å². The van der Waals surface area contributed by atoms with Gasteiger partial charge in [-0.15, -0.1) is 5.10 Å². The average Bonchev–Trinajstić information content (AvgIpc) is 3.64. The van der Waals surface area contributed by atoms with Gasteiger partial charge in [0.2, 0.25) is 5.82 Å². The van der Waals surface area contributed by atoms with Crippen LogP contribution in [0.25, 0.3) is 17.3 Å². The van der Waals surface area contributed by atoms with Crippen molar-refractivity contribution in [3.63, 3.8) is 0 Å². The van der Waals surface area contributed by atoms with Crippen molar-refractivity contribution in [3.8, 4) is 29.0 Å². The first-order valence-electron chi connectivity index (χ1n) is 11.9. The monoisotopic (exact) mass is 525 g/mol. The highest BCUT2D eigenvalue weighted by Crippen LogP contribution is 2.25. The van der Waals surface area contributed by atoms with Gasteiger partial charge in [-0.25, -0.2) is 4.68 Å². The van der Waals surface area contributed by atoms with Crippen molar-refractivity contribution in [3.05, 3.63) is 112 Å². The third kappa shape index (κ3) is 5.93. The molecule has 0 bridgehead atoms. The molecule has 2 aromatic heterocycles. The molecule has 0 spiro atoms. The number of benzene rings is 3. The Labute approximate surface area is 222 Å². The van der Waals surface area contributed by atoms with Gasteiger partial charge in [-0.05, 0) is 60.2 Å². The Bertz CT molecular complexity index is 1580. The Morgan fingerprint density at radius 3 is 2.54 bits per heavy atom. The van der Waals surface area contributed by atoms with Crippen molar-refractivity contribution in [2.45, 2.75) is 6.42 Å². The van der Waals surface area contributed by atoms with Gasteiger partial charge in [0.1, 0.15) is 5.75 Å².